The number of esters is 1. The van der Waals surface area contributed by atoms with Crippen molar-refractivity contribution in [1.82, 2.24) is 4.72 Å². The smallest absolute Gasteiger partial charge is 0.303 e. The molecule has 0 aromatic heterocycles. The zero-order chi connectivity index (χ0) is 30.4. The lowest BCUT2D eigenvalue weighted by atomic mass is 9.68. The minimum Gasteiger partial charge on any atom is -0.490 e. The number of hydrogen-bond acceptors (Lipinski definition) is 8. The van der Waals surface area contributed by atoms with Crippen molar-refractivity contribution in [1.29, 1.82) is 0 Å². The lowest BCUT2D eigenvalue weighted by Crippen LogP contribution is -2.50. The van der Waals surface area contributed by atoms with Gasteiger partial charge in [-0.15, -0.1) is 0 Å². The van der Waals surface area contributed by atoms with Crippen LogP contribution in [0.4, 0.5) is 5.69 Å². The molecule has 1 amide bonds. The van der Waals surface area contributed by atoms with E-state index in [-0.39, 0.29) is 34.7 Å². The summed E-state index contributed by atoms with van der Waals surface area (Å²) < 4.78 is 46.7. The molecule has 4 aliphatic rings. The monoisotopic (exact) mass is 628 g/mol. The van der Waals surface area contributed by atoms with Gasteiger partial charge >= 0.3 is 5.97 Å². The van der Waals surface area contributed by atoms with Gasteiger partial charge in [0, 0.05) is 36.4 Å². The Hall–Kier alpha value is -3.08. The molecule has 6 rings (SSSR count). The number of sulfonamides is 1. The summed E-state index contributed by atoms with van der Waals surface area (Å²) in [6.45, 7) is 4.65. The molecule has 2 aromatic carbocycles. The summed E-state index contributed by atoms with van der Waals surface area (Å²) in [5.41, 5.74) is 2.76. The van der Waals surface area contributed by atoms with Gasteiger partial charge in [0.2, 0.25) is 0 Å². The van der Waals surface area contributed by atoms with Gasteiger partial charge in [0.15, 0.2) is 0 Å². The molecule has 2 heterocycles. The average Bonchev–Trinajstić information content (AvgIpc) is 3.09. The first-order valence-electron chi connectivity index (χ1n) is 14.9. The van der Waals surface area contributed by atoms with Gasteiger partial charge in [0.25, 0.3) is 15.9 Å². The number of carbonyl (C=O) groups excluding carboxylic acids is 2. The van der Waals surface area contributed by atoms with Gasteiger partial charge in [-0.2, -0.15) is 0 Å². The molecule has 0 radical (unpaired) electrons. The molecule has 5 atom stereocenters. The van der Waals surface area contributed by atoms with Crippen LogP contribution in [0.3, 0.4) is 0 Å². The van der Waals surface area contributed by atoms with Crippen molar-refractivity contribution in [2.24, 2.45) is 11.8 Å². The van der Waals surface area contributed by atoms with Crippen LogP contribution >= 0.6 is 11.6 Å². The lowest BCUT2D eigenvalue weighted by Gasteiger charge is -2.45. The van der Waals surface area contributed by atoms with Crippen LogP contribution in [0, 0.1) is 11.8 Å². The van der Waals surface area contributed by atoms with E-state index in [1.165, 1.54) is 31.0 Å². The summed E-state index contributed by atoms with van der Waals surface area (Å²) in [7, 11) is -4.18. The summed E-state index contributed by atoms with van der Waals surface area (Å²) in [6.07, 6.45) is 6.79. The van der Waals surface area contributed by atoms with Crippen LogP contribution in [0.15, 0.2) is 53.4 Å². The van der Waals surface area contributed by atoms with Crippen molar-refractivity contribution in [3.8, 4) is 5.75 Å². The zero-order valence-electron chi connectivity index (χ0n) is 24.4. The largest absolute Gasteiger partial charge is 0.490 e. The minimum absolute atomic E-state index is 0.0258. The van der Waals surface area contributed by atoms with Crippen LogP contribution in [0.2, 0.25) is 5.02 Å². The highest BCUT2D eigenvalue weighted by Crippen LogP contribution is 2.47. The molecule has 1 saturated carbocycles. The summed E-state index contributed by atoms with van der Waals surface area (Å²) in [5, 5.41) is 0.706. The van der Waals surface area contributed by atoms with E-state index in [1.807, 2.05) is 18.2 Å². The second-order valence-corrected chi connectivity index (χ2v) is 14.3. The molecule has 1 N–H and O–H groups in total. The maximum atomic E-state index is 13.4. The SMILES string of the molecule is CC(=O)O[C@H]1/C=C/CO[C@@H](C)C(=O)NS(=O)(=O)c2ccc3c(c2)N(C[C@@H]2CC[C@H]21)C[C@@]1(CCCc2cc(Cl)ccc21)CO3. The Balaban J connectivity index is 1.44. The standard InChI is InChI=1S/C32H37ClN2O7S/c1-20-31(37)34-43(38,39)25-9-12-30-28(16-25)35(17-23-7-10-26(23)29(42-21(2)36)6-4-14-40-20)18-32(19-41-30)13-3-5-22-15-24(33)8-11-27(22)32/h4,6,8-9,11-12,15-16,20,23,26,29H,3,5,7,10,13-14,17-19H2,1-2H3,(H,34,37)/b6-4+/t20-,23-,26+,29-,32-/m0/s1. The van der Waals surface area contributed by atoms with Crippen molar-refractivity contribution in [3.05, 3.63) is 64.7 Å². The van der Waals surface area contributed by atoms with E-state index in [0.29, 0.717) is 36.2 Å². The van der Waals surface area contributed by atoms with Gasteiger partial charge in [-0.3, -0.25) is 9.59 Å². The first kappa shape index (κ1) is 30.0. The Bertz CT molecular complexity index is 1560. The molecule has 0 saturated heterocycles. The van der Waals surface area contributed by atoms with Gasteiger partial charge in [0.05, 0.1) is 23.8 Å². The second kappa shape index (κ2) is 11.8. The van der Waals surface area contributed by atoms with E-state index >= 15 is 0 Å². The molecule has 9 nitrogen and oxygen atoms in total. The van der Waals surface area contributed by atoms with E-state index in [4.69, 9.17) is 25.8 Å². The molecule has 2 aliphatic heterocycles. The topological polar surface area (TPSA) is 111 Å². The highest BCUT2D eigenvalue weighted by atomic mass is 35.5. The van der Waals surface area contributed by atoms with Crippen molar-refractivity contribution >= 4 is 39.2 Å². The predicted octanol–water partition coefficient (Wildman–Crippen LogP) is 4.55. The number of nitrogens with one attached hydrogen (secondary N) is 1. The van der Waals surface area contributed by atoms with Gasteiger partial charge < -0.3 is 19.1 Å². The number of benzene rings is 2. The number of ether oxygens (including phenoxy) is 3. The normalized spacial score (nSPS) is 30.9. The fraction of sp³-hybridized carbons (Fsp3) is 0.500. The molecule has 2 aromatic rings. The summed E-state index contributed by atoms with van der Waals surface area (Å²) in [4.78, 5) is 27.0. The van der Waals surface area contributed by atoms with Gasteiger partial charge in [-0.25, -0.2) is 13.1 Å². The number of aryl methyl sites for hydroxylation is 1. The highest BCUT2D eigenvalue weighted by molar-refractivity contribution is 7.90. The average molecular weight is 629 g/mol. The molecular formula is C32H37ClN2O7S. The minimum atomic E-state index is -4.18. The second-order valence-electron chi connectivity index (χ2n) is 12.2. The van der Waals surface area contributed by atoms with Crippen LogP contribution in [-0.2, 0) is 40.9 Å². The number of anilines is 1. The van der Waals surface area contributed by atoms with Crippen LogP contribution in [0.25, 0.3) is 0 Å². The quantitative estimate of drug-likeness (QED) is 0.362. The summed E-state index contributed by atoms with van der Waals surface area (Å²) in [5.74, 6) is -0.258. The van der Waals surface area contributed by atoms with Gasteiger partial charge in [-0.1, -0.05) is 23.7 Å². The predicted molar refractivity (Wildman–Crippen MR) is 162 cm³/mol. The van der Waals surface area contributed by atoms with E-state index in [1.54, 1.807) is 18.2 Å². The zero-order valence-corrected chi connectivity index (χ0v) is 26.0. The van der Waals surface area contributed by atoms with Gasteiger partial charge in [-0.05, 0) is 92.5 Å². The van der Waals surface area contributed by atoms with E-state index < -0.39 is 28.1 Å². The van der Waals surface area contributed by atoms with Crippen molar-refractivity contribution in [3.63, 3.8) is 0 Å². The third-order valence-corrected chi connectivity index (χ3v) is 10.9. The van der Waals surface area contributed by atoms with Crippen molar-refractivity contribution in [2.45, 2.75) is 68.5 Å². The maximum absolute atomic E-state index is 13.4. The van der Waals surface area contributed by atoms with Crippen LogP contribution < -0.4 is 14.4 Å². The number of rotatable bonds is 1. The molecule has 11 heteroatoms. The molecule has 1 fully saturated rings. The summed E-state index contributed by atoms with van der Waals surface area (Å²) >= 11 is 6.38. The van der Waals surface area contributed by atoms with E-state index in [0.717, 1.165) is 32.1 Å². The van der Waals surface area contributed by atoms with Crippen LogP contribution in [-0.4, -0.2) is 58.8 Å². The van der Waals surface area contributed by atoms with Gasteiger partial charge in [0.1, 0.15) is 18.0 Å². The first-order chi connectivity index (χ1) is 20.5. The Morgan fingerprint density at radius 2 is 2.02 bits per heavy atom. The number of hydrogen-bond donors (Lipinski definition) is 1. The third kappa shape index (κ3) is 6.01. The van der Waals surface area contributed by atoms with Crippen LogP contribution in [0.5, 0.6) is 5.75 Å². The molecule has 2 aliphatic carbocycles. The Labute approximate surface area is 257 Å². The summed E-state index contributed by atoms with van der Waals surface area (Å²) in [6, 6.07) is 10.8. The maximum Gasteiger partial charge on any atom is 0.303 e. The molecule has 0 unspecified atom stereocenters. The fourth-order valence-electron chi connectivity index (χ4n) is 7.00. The number of nitrogens with zero attached hydrogens (tertiary/aromatic N) is 1. The lowest BCUT2D eigenvalue weighted by molar-refractivity contribution is -0.149. The molecule has 2 bridgehead atoms. The van der Waals surface area contributed by atoms with Crippen molar-refractivity contribution in [2.75, 3.05) is 31.2 Å². The molecule has 43 heavy (non-hydrogen) atoms. The number of carbonyl (C=O) groups is 2. The third-order valence-electron chi connectivity index (χ3n) is 9.35. The fourth-order valence-corrected chi connectivity index (χ4v) is 8.26. The Kier molecular flexibility index (Phi) is 8.21. The molecule has 1 spiro atoms. The van der Waals surface area contributed by atoms with E-state index in [2.05, 4.69) is 15.7 Å². The van der Waals surface area contributed by atoms with Crippen LogP contribution in [0.1, 0.15) is 50.7 Å². The molecular weight excluding hydrogens is 592 g/mol. The number of halogens is 1. The molecule has 230 valence electrons. The number of fused-ring (bicyclic) bond motifs is 4. The first-order valence-corrected chi connectivity index (χ1v) is 16.7. The number of amides is 1. The Morgan fingerprint density at radius 1 is 1.19 bits per heavy atom. The van der Waals surface area contributed by atoms with E-state index in [9.17, 15) is 18.0 Å². The van der Waals surface area contributed by atoms with Crippen molar-refractivity contribution < 1.29 is 32.2 Å². The highest BCUT2D eigenvalue weighted by Gasteiger charge is 2.45. The Morgan fingerprint density at radius 3 is 2.79 bits per heavy atom.